The van der Waals surface area contributed by atoms with Crippen LogP contribution in [0.15, 0.2) is 24.3 Å². The van der Waals surface area contributed by atoms with Crippen LogP contribution in [0.3, 0.4) is 0 Å². The van der Waals surface area contributed by atoms with Gasteiger partial charge in [0.25, 0.3) is 5.24 Å². The molecule has 19 heavy (non-hydrogen) atoms. The van der Waals surface area contributed by atoms with E-state index in [1.54, 1.807) is 0 Å². The fraction of sp³-hybridized carbons (Fsp3) is 0.385. The van der Waals surface area contributed by atoms with Crippen LogP contribution in [0.2, 0.25) is 0 Å². The number of hydrogen-bond donors (Lipinski definition) is 3. The number of anilines is 1. The first-order valence-electron chi connectivity index (χ1n) is 6.23. The molecule has 1 aliphatic heterocycles. The van der Waals surface area contributed by atoms with Gasteiger partial charge in [0.1, 0.15) is 6.04 Å². The van der Waals surface area contributed by atoms with E-state index in [9.17, 15) is 9.59 Å². The lowest BCUT2D eigenvalue weighted by molar-refractivity contribution is -0.117. The Labute approximate surface area is 116 Å². The lowest BCUT2D eigenvalue weighted by atomic mass is 10.2. The lowest BCUT2D eigenvalue weighted by Crippen LogP contribution is -2.38. The first kappa shape index (κ1) is 13.9. The van der Waals surface area contributed by atoms with Gasteiger partial charge in [0.05, 0.1) is 0 Å². The Morgan fingerprint density at radius 2 is 2.37 bits per heavy atom. The fourth-order valence-electron chi connectivity index (χ4n) is 1.78. The zero-order chi connectivity index (χ0) is 13.7. The zero-order valence-corrected chi connectivity index (χ0v) is 11.5. The molecule has 2 amide bonds. The Kier molecular flexibility index (Phi) is 4.81. The predicted octanol–water partition coefficient (Wildman–Crippen LogP) is 1.56. The van der Waals surface area contributed by atoms with Crippen molar-refractivity contribution in [3.63, 3.8) is 0 Å². The minimum absolute atomic E-state index is 0.138. The lowest BCUT2D eigenvalue weighted by Gasteiger charge is -2.11. The number of carbonyl (C=O) groups is 2. The molecule has 6 heteroatoms. The van der Waals surface area contributed by atoms with Gasteiger partial charge in [-0.25, -0.2) is 0 Å². The third kappa shape index (κ3) is 3.97. The van der Waals surface area contributed by atoms with Crippen LogP contribution in [-0.4, -0.2) is 29.5 Å². The van der Waals surface area contributed by atoms with Crippen molar-refractivity contribution in [3.05, 3.63) is 29.8 Å². The van der Waals surface area contributed by atoms with E-state index in [1.807, 2.05) is 31.2 Å². The summed E-state index contributed by atoms with van der Waals surface area (Å²) in [6.45, 7) is 3.73. The first-order valence-corrected chi connectivity index (χ1v) is 7.21. The molecule has 2 rings (SSSR count). The largest absolute Gasteiger partial charge is 0.334 e. The summed E-state index contributed by atoms with van der Waals surface area (Å²) in [5.74, 6) is 0.320. The Bertz CT molecular complexity index is 479. The van der Waals surface area contributed by atoms with E-state index in [1.165, 1.54) is 0 Å². The highest BCUT2D eigenvalue weighted by Gasteiger charge is 2.27. The second kappa shape index (κ2) is 6.58. The Morgan fingerprint density at radius 1 is 1.53 bits per heavy atom. The van der Waals surface area contributed by atoms with Gasteiger partial charge in [-0.1, -0.05) is 30.8 Å². The maximum Gasteiger partial charge on any atom is 0.279 e. The second-order valence-corrected chi connectivity index (χ2v) is 5.26. The standard InChI is InChI=1S/C13H17N3O2S/c1-2-14-7-9-4-3-5-10(6-9)15-12(17)11-8-19-13(18)16-11/h3-6,11,14H,2,7-8H2,1H3,(H,15,17)(H,16,18). The van der Waals surface area contributed by atoms with E-state index in [0.29, 0.717) is 5.75 Å². The van der Waals surface area contributed by atoms with Gasteiger partial charge in [-0.2, -0.15) is 0 Å². The third-order valence-corrected chi connectivity index (χ3v) is 3.64. The van der Waals surface area contributed by atoms with Gasteiger partial charge < -0.3 is 16.0 Å². The van der Waals surface area contributed by atoms with Crippen molar-refractivity contribution in [2.24, 2.45) is 0 Å². The topological polar surface area (TPSA) is 70.2 Å². The molecule has 5 nitrogen and oxygen atoms in total. The molecule has 1 aromatic rings. The van der Waals surface area contributed by atoms with E-state index in [0.717, 1.165) is 36.1 Å². The maximum absolute atomic E-state index is 11.9. The molecule has 0 saturated carbocycles. The number of amides is 2. The van der Waals surface area contributed by atoms with Crippen LogP contribution in [0.25, 0.3) is 0 Å². The van der Waals surface area contributed by atoms with E-state index in [2.05, 4.69) is 16.0 Å². The molecule has 1 unspecified atom stereocenters. The van der Waals surface area contributed by atoms with E-state index in [-0.39, 0.29) is 11.1 Å². The monoisotopic (exact) mass is 279 g/mol. The van der Waals surface area contributed by atoms with Crippen LogP contribution in [0.5, 0.6) is 0 Å². The number of carbonyl (C=O) groups excluding carboxylic acids is 2. The third-order valence-electron chi connectivity index (χ3n) is 2.76. The van der Waals surface area contributed by atoms with Gasteiger partial charge in [-0.05, 0) is 24.2 Å². The minimum atomic E-state index is -0.435. The van der Waals surface area contributed by atoms with Crippen LogP contribution in [0, 0.1) is 0 Å². The molecular weight excluding hydrogens is 262 g/mol. The molecule has 1 atom stereocenters. The van der Waals surface area contributed by atoms with Crippen LogP contribution < -0.4 is 16.0 Å². The number of benzene rings is 1. The van der Waals surface area contributed by atoms with Gasteiger partial charge in [0.15, 0.2) is 0 Å². The van der Waals surface area contributed by atoms with Crippen molar-refractivity contribution in [2.45, 2.75) is 19.5 Å². The summed E-state index contributed by atoms with van der Waals surface area (Å²) in [7, 11) is 0. The summed E-state index contributed by atoms with van der Waals surface area (Å²) in [6, 6.07) is 7.26. The normalized spacial score (nSPS) is 18.2. The van der Waals surface area contributed by atoms with Crippen LogP contribution in [0.1, 0.15) is 12.5 Å². The number of hydrogen-bond acceptors (Lipinski definition) is 4. The van der Waals surface area contributed by atoms with Gasteiger partial charge in [-0.3, -0.25) is 9.59 Å². The van der Waals surface area contributed by atoms with Crippen LogP contribution in [0.4, 0.5) is 10.5 Å². The highest BCUT2D eigenvalue weighted by Crippen LogP contribution is 2.16. The number of thioether (sulfide) groups is 1. The summed E-state index contributed by atoms with van der Waals surface area (Å²) < 4.78 is 0. The Morgan fingerprint density at radius 3 is 3.05 bits per heavy atom. The molecule has 1 aromatic carbocycles. The summed E-state index contributed by atoms with van der Waals surface area (Å²) in [5.41, 5.74) is 1.87. The van der Waals surface area contributed by atoms with E-state index < -0.39 is 6.04 Å². The van der Waals surface area contributed by atoms with Crippen molar-refractivity contribution < 1.29 is 9.59 Å². The van der Waals surface area contributed by atoms with Crippen molar-refractivity contribution in [3.8, 4) is 0 Å². The van der Waals surface area contributed by atoms with Crippen LogP contribution >= 0.6 is 11.8 Å². The van der Waals surface area contributed by atoms with E-state index in [4.69, 9.17) is 0 Å². The molecule has 1 heterocycles. The molecule has 0 bridgehead atoms. The summed E-state index contributed by atoms with van der Waals surface area (Å²) in [6.07, 6.45) is 0. The molecular formula is C13H17N3O2S. The Balaban J connectivity index is 1.94. The molecule has 3 N–H and O–H groups in total. The number of nitrogens with one attached hydrogen (secondary N) is 3. The second-order valence-electron chi connectivity index (χ2n) is 4.27. The molecule has 0 radical (unpaired) electrons. The van der Waals surface area contributed by atoms with Gasteiger partial charge in [-0.15, -0.1) is 0 Å². The smallest absolute Gasteiger partial charge is 0.279 e. The van der Waals surface area contributed by atoms with Crippen molar-refractivity contribution in [2.75, 3.05) is 17.6 Å². The molecule has 1 aliphatic rings. The van der Waals surface area contributed by atoms with Crippen LogP contribution in [-0.2, 0) is 11.3 Å². The minimum Gasteiger partial charge on any atom is -0.334 e. The molecule has 102 valence electrons. The van der Waals surface area contributed by atoms with Gasteiger partial charge >= 0.3 is 0 Å². The number of rotatable bonds is 5. The molecule has 1 saturated heterocycles. The quantitative estimate of drug-likeness (QED) is 0.765. The molecule has 0 aromatic heterocycles. The van der Waals surface area contributed by atoms with Gasteiger partial charge in [0.2, 0.25) is 5.91 Å². The first-order chi connectivity index (χ1) is 9.19. The fourth-order valence-corrected chi connectivity index (χ4v) is 2.56. The predicted molar refractivity (Wildman–Crippen MR) is 77.2 cm³/mol. The highest BCUT2D eigenvalue weighted by atomic mass is 32.2. The summed E-state index contributed by atoms with van der Waals surface area (Å²) in [5, 5.41) is 8.54. The Hall–Kier alpha value is -1.53. The molecule has 0 spiro atoms. The SMILES string of the molecule is CCNCc1cccc(NC(=O)C2CSC(=O)N2)c1. The average molecular weight is 279 g/mol. The molecule has 1 fully saturated rings. The van der Waals surface area contributed by atoms with Crippen molar-refractivity contribution in [1.29, 1.82) is 0 Å². The highest BCUT2D eigenvalue weighted by molar-refractivity contribution is 8.14. The van der Waals surface area contributed by atoms with Crippen molar-refractivity contribution >= 4 is 28.6 Å². The zero-order valence-electron chi connectivity index (χ0n) is 10.7. The van der Waals surface area contributed by atoms with E-state index >= 15 is 0 Å². The average Bonchev–Trinajstić information content (AvgIpc) is 2.83. The van der Waals surface area contributed by atoms with Gasteiger partial charge in [0, 0.05) is 18.0 Å². The molecule has 0 aliphatic carbocycles. The summed E-state index contributed by atoms with van der Waals surface area (Å²) in [4.78, 5) is 23.0. The summed E-state index contributed by atoms with van der Waals surface area (Å²) >= 11 is 1.14. The maximum atomic E-state index is 11.9. The van der Waals surface area contributed by atoms with Crippen molar-refractivity contribution in [1.82, 2.24) is 10.6 Å².